The summed E-state index contributed by atoms with van der Waals surface area (Å²) in [6, 6.07) is 11.8. The minimum atomic E-state index is -0.348. The quantitative estimate of drug-likeness (QED) is 0.651. The first kappa shape index (κ1) is 17.2. The van der Waals surface area contributed by atoms with Crippen LogP contribution in [0.4, 0.5) is 4.39 Å². The Morgan fingerprint density at radius 2 is 2.00 bits per heavy atom. The number of nitrogens with zero attached hydrogens (tertiary/aromatic N) is 3. The molecule has 0 spiro atoms. The third-order valence-electron chi connectivity index (χ3n) is 3.57. The molecular weight excluding hydrogens is 343 g/mol. The molecule has 0 bridgehead atoms. The fraction of sp³-hybridized carbons (Fsp3) is 0.235. The van der Waals surface area contributed by atoms with E-state index in [0.717, 1.165) is 4.68 Å². The van der Waals surface area contributed by atoms with Crippen LogP contribution in [-0.4, -0.2) is 32.4 Å². The van der Waals surface area contributed by atoms with Crippen LogP contribution in [0.5, 0.6) is 0 Å². The molecule has 1 N–H and O–H groups in total. The van der Waals surface area contributed by atoms with Gasteiger partial charge in [0.1, 0.15) is 12.4 Å². The number of hydrogen-bond donors (Lipinski definition) is 1. The van der Waals surface area contributed by atoms with Crippen molar-refractivity contribution >= 4 is 23.3 Å². The predicted molar refractivity (Wildman–Crippen MR) is 95.0 cm³/mol. The number of carbonyl (C=O) groups is 1. The molecule has 0 aliphatic rings. The van der Waals surface area contributed by atoms with Crippen molar-refractivity contribution in [1.29, 1.82) is 0 Å². The lowest BCUT2D eigenvalue weighted by molar-refractivity contribution is -0.121. The molecule has 1 amide bonds. The van der Waals surface area contributed by atoms with Crippen molar-refractivity contribution in [3.63, 3.8) is 0 Å². The predicted octanol–water partition coefficient (Wildman–Crippen LogP) is 1.68. The number of thioether (sulfide) groups is 1. The van der Waals surface area contributed by atoms with Gasteiger partial charge in [0.25, 0.3) is 0 Å². The zero-order valence-corrected chi connectivity index (χ0v) is 14.2. The molecular formula is C17H17FN4O2S. The topological polar surface area (TPSA) is 68.4 Å². The molecule has 0 atom stereocenters. The second-order valence-electron chi connectivity index (χ2n) is 5.36. The highest BCUT2D eigenvalue weighted by atomic mass is 32.2. The van der Waals surface area contributed by atoms with Gasteiger partial charge in [0, 0.05) is 24.2 Å². The molecule has 0 aliphatic heterocycles. The van der Waals surface area contributed by atoms with E-state index in [-0.39, 0.29) is 24.0 Å². The van der Waals surface area contributed by atoms with Gasteiger partial charge in [-0.05, 0) is 23.8 Å². The fourth-order valence-corrected chi connectivity index (χ4v) is 3.17. The van der Waals surface area contributed by atoms with E-state index < -0.39 is 0 Å². The van der Waals surface area contributed by atoms with Crippen LogP contribution in [0.25, 0.3) is 5.65 Å². The molecule has 0 saturated heterocycles. The molecule has 3 aromatic rings. The smallest absolute Gasteiger partial charge is 0.350 e. The number of carbonyl (C=O) groups excluding carboxylic acids is 1. The number of halogens is 1. The molecule has 0 aliphatic carbocycles. The number of hydrogen-bond acceptors (Lipinski definition) is 4. The maximum atomic E-state index is 13.5. The Labute approximate surface area is 147 Å². The third kappa shape index (κ3) is 4.27. The van der Waals surface area contributed by atoms with E-state index in [2.05, 4.69) is 10.4 Å². The highest BCUT2D eigenvalue weighted by molar-refractivity contribution is 7.98. The van der Waals surface area contributed by atoms with Crippen molar-refractivity contribution in [3.05, 3.63) is 70.5 Å². The van der Waals surface area contributed by atoms with Gasteiger partial charge in [-0.25, -0.2) is 13.9 Å². The number of amides is 1. The van der Waals surface area contributed by atoms with Gasteiger partial charge in [-0.1, -0.05) is 24.3 Å². The van der Waals surface area contributed by atoms with Crippen LogP contribution < -0.4 is 11.0 Å². The van der Waals surface area contributed by atoms with E-state index in [4.69, 9.17) is 0 Å². The number of rotatable bonds is 7. The van der Waals surface area contributed by atoms with Crippen LogP contribution >= 0.6 is 11.8 Å². The molecule has 130 valence electrons. The summed E-state index contributed by atoms with van der Waals surface area (Å²) >= 11 is 1.53. The van der Waals surface area contributed by atoms with Gasteiger partial charge in [0.05, 0.1) is 0 Å². The molecule has 0 unspecified atom stereocenters. The van der Waals surface area contributed by atoms with Crippen LogP contribution in [0.15, 0.2) is 53.5 Å². The molecule has 3 rings (SSSR count). The molecule has 0 fully saturated rings. The van der Waals surface area contributed by atoms with E-state index in [1.165, 1.54) is 22.2 Å². The molecule has 8 heteroatoms. The Bertz CT molecular complexity index is 938. The van der Waals surface area contributed by atoms with Crippen LogP contribution in [-0.2, 0) is 17.1 Å². The zero-order valence-electron chi connectivity index (χ0n) is 13.4. The highest BCUT2D eigenvalue weighted by Gasteiger charge is 2.09. The Morgan fingerprint density at radius 1 is 1.20 bits per heavy atom. The molecule has 0 saturated carbocycles. The third-order valence-corrected chi connectivity index (χ3v) is 4.57. The Morgan fingerprint density at radius 3 is 2.80 bits per heavy atom. The Kier molecular flexibility index (Phi) is 5.49. The maximum Gasteiger partial charge on any atom is 0.350 e. The van der Waals surface area contributed by atoms with Crippen LogP contribution in [0.1, 0.15) is 5.56 Å². The van der Waals surface area contributed by atoms with E-state index in [1.54, 1.807) is 42.6 Å². The minimum Gasteiger partial charge on any atom is -0.354 e. The Hall–Kier alpha value is -2.61. The summed E-state index contributed by atoms with van der Waals surface area (Å²) in [4.78, 5) is 24.0. The molecule has 0 radical (unpaired) electrons. The SMILES string of the molecule is O=C(Cn1nc2ccccn2c1=O)NCCSCc1ccccc1F. The van der Waals surface area contributed by atoms with E-state index in [0.29, 0.717) is 29.3 Å². The maximum absolute atomic E-state index is 13.5. The average Bonchev–Trinajstić information content (AvgIpc) is 2.92. The van der Waals surface area contributed by atoms with Crippen molar-refractivity contribution in [2.45, 2.75) is 12.3 Å². The van der Waals surface area contributed by atoms with E-state index in [1.807, 2.05) is 0 Å². The number of aromatic nitrogens is 3. The molecule has 1 aromatic carbocycles. The van der Waals surface area contributed by atoms with Crippen LogP contribution in [0.3, 0.4) is 0 Å². The molecule has 6 nitrogen and oxygen atoms in total. The summed E-state index contributed by atoms with van der Waals surface area (Å²) in [6.45, 7) is 0.318. The lowest BCUT2D eigenvalue weighted by atomic mass is 10.2. The monoisotopic (exact) mass is 360 g/mol. The van der Waals surface area contributed by atoms with Crippen molar-refractivity contribution in [2.24, 2.45) is 0 Å². The normalized spacial score (nSPS) is 10.9. The van der Waals surface area contributed by atoms with Gasteiger partial charge >= 0.3 is 5.69 Å². The average molecular weight is 360 g/mol. The first-order valence-corrected chi connectivity index (χ1v) is 8.92. The summed E-state index contributed by atoms with van der Waals surface area (Å²) in [5.41, 5.74) is 0.801. The van der Waals surface area contributed by atoms with Crippen molar-refractivity contribution in [1.82, 2.24) is 19.5 Å². The Balaban J connectivity index is 1.44. The van der Waals surface area contributed by atoms with Crippen LogP contribution in [0.2, 0.25) is 0 Å². The number of fused-ring (bicyclic) bond motifs is 1. The van der Waals surface area contributed by atoms with Gasteiger partial charge in [0.2, 0.25) is 5.91 Å². The second kappa shape index (κ2) is 7.98. The summed E-state index contributed by atoms with van der Waals surface area (Å²) in [5, 5.41) is 6.85. The van der Waals surface area contributed by atoms with Crippen LogP contribution in [0, 0.1) is 5.82 Å². The summed E-state index contributed by atoms with van der Waals surface area (Å²) in [5.74, 6) is 0.705. The molecule has 25 heavy (non-hydrogen) atoms. The van der Waals surface area contributed by atoms with Gasteiger partial charge in [-0.3, -0.25) is 9.20 Å². The fourth-order valence-electron chi connectivity index (χ4n) is 2.32. The largest absolute Gasteiger partial charge is 0.354 e. The van der Waals surface area contributed by atoms with Crippen molar-refractivity contribution < 1.29 is 9.18 Å². The summed E-state index contributed by atoms with van der Waals surface area (Å²) in [7, 11) is 0. The first-order valence-electron chi connectivity index (χ1n) is 7.77. The summed E-state index contributed by atoms with van der Waals surface area (Å²) < 4.78 is 16.0. The number of nitrogens with one attached hydrogen (secondary N) is 1. The zero-order chi connectivity index (χ0) is 17.6. The van der Waals surface area contributed by atoms with Crippen molar-refractivity contribution in [2.75, 3.05) is 12.3 Å². The molecule has 2 aromatic heterocycles. The van der Waals surface area contributed by atoms with E-state index in [9.17, 15) is 14.0 Å². The second-order valence-corrected chi connectivity index (χ2v) is 6.47. The highest BCUT2D eigenvalue weighted by Crippen LogP contribution is 2.14. The number of pyridine rings is 1. The van der Waals surface area contributed by atoms with Gasteiger partial charge < -0.3 is 5.32 Å². The summed E-state index contributed by atoms with van der Waals surface area (Å²) in [6.07, 6.45) is 1.61. The lowest BCUT2D eigenvalue weighted by Crippen LogP contribution is -2.33. The van der Waals surface area contributed by atoms with Gasteiger partial charge in [-0.2, -0.15) is 11.8 Å². The van der Waals surface area contributed by atoms with Gasteiger partial charge in [-0.15, -0.1) is 5.10 Å². The minimum absolute atomic E-state index is 0.126. The van der Waals surface area contributed by atoms with Crippen molar-refractivity contribution in [3.8, 4) is 0 Å². The standard InChI is InChI=1S/C17H17FN4O2S/c18-14-6-2-1-5-13(14)12-25-10-8-19-16(23)11-22-17(24)21-9-4-3-7-15(21)20-22/h1-7,9H,8,10-12H2,(H,19,23). The molecule has 2 heterocycles. The lowest BCUT2D eigenvalue weighted by Gasteiger charge is -2.05. The van der Waals surface area contributed by atoms with E-state index >= 15 is 0 Å². The van der Waals surface area contributed by atoms with Gasteiger partial charge in [0.15, 0.2) is 5.65 Å². The first-order chi connectivity index (χ1) is 12.1. The number of benzene rings is 1.